The Bertz CT molecular complexity index is 341. The lowest BCUT2D eigenvalue weighted by Crippen LogP contribution is -2.16. The Hall–Kier alpha value is -1.09. The Morgan fingerprint density at radius 2 is 2.27 bits per heavy atom. The van der Waals surface area contributed by atoms with Gasteiger partial charge in [0.15, 0.2) is 0 Å². The molecule has 1 atom stereocenters. The van der Waals surface area contributed by atoms with Gasteiger partial charge in [0.1, 0.15) is 5.82 Å². The van der Waals surface area contributed by atoms with E-state index in [1.807, 2.05) is 25.2 Å². The van der Waals surface area contributed by atoms with Crippen LogP contribution in [0.1, 0.15) is 30.0 Å². The number of aromatic nitrogens is 1. The second kappa shape index (κ2) is 4.19. The first kappa shape index (κ1) is 10.4. The van der Waals surface area contributed by atoms with E-state index < -0.39 is 0 Å². The van der Waals surface area contributed by atoms with Crippen LogP contribution >= 0.6 is 0 Å². The van der Waals surface area contributed by atoms with Crippen LogP contribution in [0.4, 0.5) is 5.82 Å². The van der Waals surface area contributed by atoms with Crippen LogP contribution in [0.2, 0.25) is 0 Å². The molecule has 3 heteroatoms. The molecule has 0 aromatic carbocycles. The molecule has 0 spiro atoms. The molecule has 0 saturated carbocycles. The SMILES string of the molecule is Cc1cc(N(C)C)ncc1C1CCCN1. The average molecular weight is 205 g/mol. The van der Waals surface area contributed by atoms with E-state index in [0.717, 1.165) is 12.4 Å². The molecule has 1 fully saturated rings. The molecule has 3 nitrogen and oxygen atoms in total. The largest absolute Gasteiger partial charge is 0.363 e. The lowest BCUT2D eigenvalue weighted by Gasteiger charge is -2.17. The molecule has 0 aliphatic carbocycles. The molecule has 0 bridgehead atoms. The summed E-state index contributed by atoms with van der Waals surface area (Å²) >= 11 is 0. The maximum Gasteiger partial charge on any atom is 0.128 e. The first-order valence-corrected chi connectivity index (χ1v) is 5.56. The summed E-state index contributed by atoms with van der Waals surface area (Å²) in [4.78, 5) is 6.51. The van der Waals surface area contributed by atoms with E-state index in [4.69, 9.17) is 0 Å². The average Bonchev–Trinajstić information content (AvgIpc) is 2.70. The minimum Gasteiger partial charge on any atom is -0.363 e. The standard InChI is InChI=1S/C12H19N3/c1-9-7-12(15(2)3)14-8-10(9)11-5-4-6-13-11/h7-8,11,13H,4-6H2,1-3H3. The number of nitrogens with one attached hydrogen (secondary N) is 1. The van der Waals surface area contributed by atoms with Gasteiger partial charge in [-0.1, -0.05) is 0 Å². The van der Waals surface area contributed by atoms with Gasteiger partial charge in [0, 0.05) is 26.3 Å². The monoisotopic (exact) mass is 205 g/mol. The summed E-state index contributed by atoms with van der Waals surface area (Å²) in [6, 6.07) is 2.68. The summed E-state index contributed by atoms with van der Waals surface area (Å²) in [6.07, 6.45) is 4.54. The molecule has 1 aromatic heterocycles. The number of rotatable bonds is 2. The van der Waals surface area contributed by atoms with E-state index in [1.54, 1.807) is 0 Å². The molecule has 1 N–H and O–H groups in total. The Labute approximate surface area is 91.5 Å². The summed E-state index contributed by atoms with van der Waals surface area (Å²) in [6.45, 7) is 3.31. The number of hydrogen-bond acceptors (Lipinski definition) is 3. The Morgan fingerprint density at radius 3 is 2.80 bits per heavy atom. The van der Waals surface area contributed by atoms with Crippen LogP contribution in [-0.2, 0) is 0 Å². The third-order valence-corrected chi connectivity index (χ3v) is 3.03. The van der Waals surface area contributed by atoms with Gasteiger partial charge in [-0.15, -0.1) is 0 Å². The fraction of sp³-hybridized carbons (Fsp3) is 0.583. The molecule has 1 aromatic rings. The summed E-state index contributed by atoms with van der Waals surface area (Å²) in [5.74, 6) is 1.04. The number of nitrogens with zero attached hydrogens (tertiary/aromatic N) is 2. The van der Waals surface area contributed by atoms with Crippen molar-refractivity contribution in [2.75, 3.05) is 25.5 Å². The smallest absolute Gasteiger partial charge is 0.128 e. The lowest BCUT2D eigenvalue weighted by atomic mass is 10.0. The predicted octanol–water partition coefficient (Wildman–Crippen LogP) is 1.88. The molecule has 1 unspecified atom stereocenters. The molecule has 15 heavy (non-hydrogen) atoms. The maximum absolute atomic E-state index is 4.47. The van der Waals surface area contributed by atoms with E-state index >= 15 is 0 Å². The molecule has 0 amide bonds. The number of pyridine rings is 1. The van der Waals surface area contributed by atoms with Crippen molar-refractivity contribution in [2.45, 2.75) is 25.8 Å². The highest BCUT2D eigenvalue weighted by Crippen LogP contribution is 2.26. The van der Waals surface area contributed by atoms with E-state index in [9.17, 15) is 0 Å². The van der Waals surface area contributed by atoms with Gasteiger partial charge in [0.2, 0.25) is 0 Å². The zero-order valence-corrected chi connectivity index (χ0v) is 9.75. The second-order valence-corrected chi connectivity index (χ2v) is 4.44. The molecule has 0 radical (unpaired) electrons. The van der Waals surface area contributed by atoms with Crippen LogP contribution < -0.4 is 10.2 Å². The first-order valence-electron chi connectivity index (χ1n) is 5.56. The van der Waals surface area contributed by atoms with E-state index in [0.29, 0.717) is 6.04 Å². The van der Waals surface area contributed by atoms with Crippen LogP contribution in [-0.4, -0.2) is 25.6 Å². The number of anilines is 1. The van der Waals surface area contributed by atoms with Crippen molar-refractivity contribution in [1.82, 2.24) is 10.3 Å². The van der Waals surface area contributed by atoms with Crippen molar-refractivity contribution in [1.29, 1.82) is 0 Å². The molecule has 2 heterocycles. The summed E-state index contributed by atoms with van der Waals surface area (Å²) < 4.78 is 0. The van der Waals surface area contributed by atoms with Gasteiger partial charge in [-0.2, -0.15) is 0 Å². The second-order valence-electron chi connectivity index (χ2n) is 4.44. The highest BCUT2D eigenvalue weighted by Gasteiger charge is 2.18. The molecule has 2 rings (SSSR count). The molecule has 1 aliphatic rings. The Balaban J connectivity index is 2.25. The van der Waals surface area contributed by atoms with Crippen LogP contribution in [0.5, 0.6) is 0 Å². The van der Waals surface area contributed by atoms with E-state index in [-0.39, 0.29) is 0 Å². The van der Waals surface area contributed by atoms with Crippen molar-refractivity contribution >= 4 is 5.82 Å². The fourth-order valence-electron chi connectivity index (χ4n) is 2.11. The van der Waals surface area contributed by atoms with Crippen molar-refractivity contribution < 1.29 is 0 Å². The summed E-state index contributed by atoms with van der Waals surface area (Å²) in [7, 11) is 4.05. The molecular formula is C12H19N3. The van der Waals surface area contributed by atoms with Gasteiger partial charge in [-0.05, 0) is 43.5 Å². The molecule has 1 saturated heterocycles. The highest BCUT2D eigenvalue weighted by molar-refractivity contribution is 5.42. The van der Waals surface area contributed by atoms with Gasteiger partial charge < -0.3 is 10.2 Å². The molecular weight excluding hydrogens is 186 g/mol. The van der Waals surface area contributed by atoms with Crippen molar-refractivity contribution in [3.63, 3.8) is 0 Å². The number of aryl methyl sites for hydroxylation is 1. The highest BCUT2D eigenvalue weighted by atomic mass is 15.1. The normalized spacial score (nSPS) is 20.6. The van der Waals surface area contributed by atoms with Gasteiger partial charge in [0.05, 0.1) is 0 Å². The van der Waals surface area contributed by atoms with Gasteiger partial charge >= 0.3 is 0 Å². The first-order chi connectivity index (χ1) is 7.18. The van der Waals surface area contributed by atoms with Crippen molar-refractivity contribution in [3.05, 3.63) is 23.4 Å². The van der Waals surface area contributed by atoms with E-state index in [2.05, 4.69) is 23.3 Å². The fourth-order valence-corrected chi connectivity index (χ4v) is 2.11. The summed E-state index contributed by atoms with van der Waals surface area (Å²) in [5.41, 5.74) is 2.70. The third-order valence-electron chi connectivity index (χ3n) is 3.03. The van der Waals surface area contributed by atoms with Gasteiger partial charge in [-0.25, -0.2) is 4.98 Å². The van der Waals surface area contributed by atoms with Crippen LogP contribution in [0.3, 0.4) is 0 Å². The van der Waals surface area contributed by atoms with Gasteiger partial charge in [0.25, 0.3) is 0 Å². The topological polar surface area (TPSA) is 28.2 Å². The van der Waals surface area contributed by atoms with Crippen LogP contribution in [0.25, 0.3) is 0 Å². The zero-order valence-electron chi connectivity index (χ0n) is 9.75. The van der Waals surface area contributed by atoms with Crippen LogP contribution in [0, 0.1) is 6.92 Å². The van der Waals surface area contributed by atoms with E-state index in [1.165, 1.54) is 24.0 Å². The maximum atomic E-state index is 4.47. The Kier molecular flexibility index (Phi) is 2.91. The minimum absolute atomic E-state index is 0.522. The van der Waals surface area contributed by atoms with Crippen molar-refractivity contribution in [2.24, 2.45) is 0 Å². The third kappa shape index (κ3) is 2.12. The van der Waals surface area contributed by atoms with Crippen molar-refractivity contribution in [3.8, 4) is 0 Å². The quantitative estimate of drug-likeness (QED) is 0.799. The molecule has 82 valence electrons. The predicted molar refractivity (Wildman–Crippen MR) is 63.3 cm³/mol. The summed E-state index contributed by atoms with van der Waals surface area (Å²) in [5, 5.41) is 3.51. The minimum atomic E-state index is 0.522. The lowest BCUT2D eigenvalue weighted by molar-refractivity contribution is 0.641. The van der Waals surface area contributed by atoms with Crippen LogP contribution in [0.15, 0.2) is 12.3 Å². The van der Waals surface area contributed by atoms with Gasteiger partial charge in [-0.3, -0.25) is 0 Å². The molecule has 1 aliphatic heterocycles. The number of hydrogen-bond donors (Lipinski definition) is 1. The zero-order chi connectivity index (χ0) is 10.8. The Morgan fingerprint density at radius 1 is 1.47 bits per heavy atom.